The minimum Gasteiger partial charge on any atom is -0.393 e. The van der Waals surface area contributed by atoms with E-state index in [9.17, 15) is 22.3 Å². The van der Waals surface area contributed by atoms with Gasteiger partial charge in [0, 0.05) is 5.56 Å². The highest BCUT2D eigenvalue weighted by atomic mass is 32.2. The molecule has 2 atom stereocenters. The first-order valence-corrected chi connectivity index (χ1v) is 10.8. The van der Waals surface area contributed by atoms with E-state index in [1.807, 2.05) is 6.92 Å². The zero-order chi connectivity index (χ0) is 19.7. The standard InChI is InChI=1S/C21H24F2O3S/c1-2-15-6-9-18(10-7-15)27(25,26)21(12-4-3-5-17(24)14-21)19-13-16(22)8-11-20(19)23/h6-11,13,17,24H,2-5,12,14H2,1H3/t17?,21-/m1/s1. The number of aryl methyl sites for hydroxylation is 1. The van der Waals surface area contributed by atoms with Gasteiger partial charge in [-0.05, 0) is 61.6 Å². The third kappa shape index (κ3) is 3.65. The lowest BCUT2D eigenvalue weighted by atomic mass is 9.89. The summed E-state index contributed by atoms with van der Waals surface area (Å²) >= 11 is 0. The molecule has 0 bridgehead atoms. The molecule has 1 aliphatic carbocycles. The van der Waals surface area contributed by atoms with Crippen LogP contribution in [0.2, 0.25) is 0 Å². The van der Waals surface area contributed by atoms with Crippen molar-refractivity contribution in [3.8, 4) is 0 Å². The van der Waals surface area contributed by atoms with Crippen LogP contribution in [0, 0.1) is 11.6 Å². The Labute approximate surface area is 159 Å². The maximum absolute atomic E-state index is 14.7. The van der Waals surface area contributed by atoms with Gasteiger partial charge in [-0.3, -0.25) is 0 Å². The lowest BCUT2D eigenvalue weighted by Crippen LogP contribution is -2.39. The van der Waals surface area contributed by atoms with Gasteiger partial charge in [0.2, 0.25) is 0 Å². The molecule has 1 N–H and O–H groups in total. The Kier molecular flexibility index (Phi) is 5.68. The van der Waals surface area contributed by atoms with Gasteiger partial charge in [0.1, 0.15) is 16.4 Å². The van der Waals surface area contributed by atoms with Gasteiger partial charge in [0.05, 0.1) is 11.0 Å². The topological polar surface area (TPSA) is 54.4 Å². The predicted octanol–water partition coefficient (Wildman–Crippen LogP) is 4.52. The van der Waals surface area contributed by atoms with Crippen LogP contribution in [0.1, 0.15) is 50.2 Å². The molecule has 146 valence electrons. The number of sulfone groups is 1. The molecule has 0 heterocycles. The molecule has 1 fully saturated rings. The highest BCUT2D eigenvalue weighted by molar-refractivity contribution is 7.92. The largest absolute Gasteiger partial charge is 0.393 e. The SMILES string of the molecule is CCc1ccc(S(=O)(=O)[C@]2(c3cc(F)ccc3F)CCCCC(O)C2)cc1. The molecule has 1 saturated carbocycles. The fourth-order valence-electron chi connectivity index (χ4n) is 3.99. The molecule has 1 unspecified atom stereocenters. The third-order valence-corrected chi connectivity index (χ3v) is 8.02. The predicted molar refractivity (Wildman–Crippen MR) is 100 cm³/mol. The second-order valence-corrected chi connectivity index (χ2v) is 9.48. The number of benzene rings is 2. The second-order valence-electron chi connectivity index (χ2n) is 7.22. The number of hydrogen-bond acceptors (Lipinski definition) is 3. The van der Waals surface area contributed by atoms with Gasteiger partial charge < -0.3 is 5.11 Å². The summed E-state index contributed by atoms with van der Waals surface area (Å²) in [5.74, 6) is -1.46. The van der Waals surface area contributed by atoms with E-state index in [1.165, 1.54) is 12.1 Å². The molecule has 27 heavy (non-hydrogen) atoms. The summed E-state index contributed by atoms with van der Waals surface area (Å²) < 4.78 is 54.3. The van der Waals surface area contributed by atoms with Crippen molar-refractivity contribution in [3.05, 3.63) is 65.2 Å². The Bertz CT molecular complexity index is 910. The van der Waals surface area contributed by atoms with Crippen LogP contribution in [0.25, 0.3) is 0 Å². The van der Waals surface area contributed by atoms with Crippen LogP contribution in [0.15, 0.2) is 47.4 Å². The normalized spacial score (nSPS) is 23.8. The van der Waals surface area contributed by atoms with Gasteiger partial charge in [-0.15, -0.1) is 0 Å². The van der Waals surface area contributed by atoms with Gasteiger partial charge >= 0.3 is 0 Å². The Morgan fingerprint density at radius 3 is 2.48 bits per heavy atom. The summed E-state index contributed by atoms with van der Waals surface area (Å²) in [6.07, 6.45) is 1.47. The second kappa shape index (κ2) is 7.68. The van der Waals surface area contributed by atoms with E-state index in [2.05, 4.69) is 0 Å². The van der Waals surface area contributed by atoms with Crippen molar-refractivity contribution in [1.29, 1.82) is 0 Å². The zero-order valence-corrected chi connectivity index (χ0v) is 16.1. The van der Waals surface area contributed by atoms with Crippen molar-refractivity contribution in [1.82, 2.24) is 0 Å². The Morgan fingerprint density at radius 2 is 1.81 bits per heavy atom. The van der Waals surface area contributed by atoms with Crippen molar-refractivity contribution >= 4 is 9.84 Å². The van der Waals surface area contributed by atoms with Gasteiger partial charge in [-0.25, -0.2) is 17.2 Å². The van der Waals surface area contributed by atoms with Gasteiger partial charge in [0.15, 0.2) is 9.84 Å². The van der Waals surface area contributed by atoms with Crippen molar-refractivity contribution in [2.24, 2.45) is 0 Å². The van der Waals surface area contributed by atoms with E-state index in [0.29, 0.717) is 19.3 Å². The maximum atomic E-state index is 14.7. The van der Waals surface area contributed by atoms with Crippen LogP contribution in [0.4, 0.5) is 8.78 Å². The molecule has 2 aromatic rings. The molecule has 0 saturated heterocycles. The third-order valence-electron chi connectivity index (χ3n) is 5.51. The smallest absolute Gasteiger partial charge is 0.188 e. The van der Waals surface area contributed by atoms with E-state index in [4.69, 9.17) is 0 Å². The molecule has 2 aromatic carbocycles. The Balaban J connectivity index is 2.23. The first kappa shape index (κ1) is 20.0. The van der Waals surface area contributed by atoms with Crippen LogP contribution in [-0.4, -0.2) is 19.6 Å². The van der Waals surface area contributed by atoms with Crippen molar-refractivity contribution < 1.29 is 22.3 Å². The average Bonchev–Trinajstić information content (AvgIpc) is 2.86. The highest BCUT2D eigenvalue weighted by Gasteiger charge is 2.49. The lowest BCUT2D eigenvalue weighted by Gasteiger charge is -2.34. The number of aliphatic hydroxyl groups is 1. The molecule has 3 nitrogen and oxygen atoms in total. The van der Waals surface area contributed by atoms with E-state index in [-0.39, 0.29) is 23.3 Å². The van der Waals surface area contributed by atoms with Gasteiger partial charge in [-0.1, -0.05) is 31.9 Å². The maximum Gasteiger partial charge on any atom is 0.188 e. The monoisotopic (exact) mass is 394 g/mol. The minimum absolute atomic E-state index is 0.0671. The van der Waals surface area contributed by atoms with E-state index < -0.39 is 32.3 Å². The van der Waals surface area contributed by atoms with Crippen LogP contribution < -0.4 is 0 Å². The highest BCUT2D eigenvalue weighted by Crippen LogP contribution is 2.47. The Hall–Kier alpha value is -1.79. The quantitative estimate of drug-likeness (QED) is 0.776. The van der Waals surface area contributed by atoms with Crippen LogP contribution in [-0.2, 0) is 21.0 Å². The van der Waals surface area contributed by atoms with Gasteiger partial charge in [-0.2, -0.15) is 0 Å². The van der Waals surface area contributed by atoms with Gasteiger partial charge in [0.25, 0.3) is 0 Å². The summed E-state index contributed by atoms with van der Waals surface area (Å²) in [6, 6.07) is 9.40. The number of rotatable bonds is 4. The number of halogens is 2. The summed E-state index contributed by atoms with van der Waals surface area (Å²) in [6.45, 7) is 1.97. The first-order valence-electron chi connectivity index (χ1n) is 9.27. The molecule has 6 heteroatoms. The van der Waals surface area contributed by atoms with Crippen molar-refractivity contribution in [2.75, 3.05) is 0 Å². The zero-order valence-electron chi connectivity index (χ0n) is 15.3. The number of hydrogen-bond donors (Lipinski definition) is 1. The van der Waals surface area contributed by atoms with Crippen LogP contribution >= 0.6 is 0 Å². The first-order chi connectivity index (χ1) is 12.8. The minimum atomic E-state index is -4.06. The van der Waals surface area contributed by atoms with E-state index in [0.717, 1.165) is 30.2 Å². The summed E-state index contributed by atoms with van der Waals surface area (Å²) in [4.78, 5) is 0.0671. The summed E-state index contributed by atoms with van der Waals surface area (Å²) in [5.41, 5.74) is 0.795. The summed E-state index contributed by atoms with van der Waals surface area (Å²) in [7, 11) is -4.06. The summed E-state index contributed by atoms with van der Waals surface area (Å²) in [5, 5.41) is 10.4. The van der Waals surface area contributed by atoms with Crippen molar-refractivity contribution in [2.45, 2.75) is 61.2 Å². The van der Waals surface area contributed by atoms with Crippen LogP contribution in [0.3, 0.4) is 0 Å². The molecule has 3 rings (SSSR count). The van der Waals surface area contributed by atoms with Crippen LogP contribution in [0.5, 0.6) is 0 Å². The molecular formula is C21H24F2O3S. The van der Waals surface area contributed by atoms with E-state index in [1.54, 1.807) is 12.1 Å². The molecule has 0 radical (unpaired) electrons. The number of aliphatic hydroxyl groups excluding tert-OH is 1. The molecular weight excluding hydrogens is 370 g/mol. The average molecular weight is 394 g/mol. The fraction of sp³-hybridized carbons (Fsp3) is 0.429. The van der Waals surface area contributed by atoms with E-state index >= 15 is 0 Å². The molecule has 1 aliphatic rings. The molecule has 0 aliphatic heterocycles. The van der Waals surface area contributed by atoms with Crippen molar-refractivity contribution in [3.63, 3.8) is 0 Å². The lowest BCUT2D eigenvalue weighted by molar-refractivity contribution is 0.145. The Morgan fingerprint density at radius 1 is 1.11 bits per heavy atom. The molecule has 0 aromatic heterocycles. The molecule has 0 spiro atoms. The fourth-order valence-corrected chi connectivity index (χ4v) is 6.20. The molecule has 0 amide bonds.